The van der Waals surface area contributed by atoms with E-state index >= 15 is 0 Å². The molecule has 0 spiro atoms. The van der Waals surface area contributed by atoms with Crippen molar-refractivity contribution in [2.75, 3.05) is 0 Å². The average Bonchev–Trinajstić information content (AvgIpc) is 3.19. The van der Waals surface area contributed by atoms with Crippen LogP contribution in [-0.2, 0) is 16.0 Å². The molecule has 96 valence electrons. The van der Waals surface area contributed by atoms with Crippen molar-refractivity contribution >= 4 is 12.4 Å². The average molecular weight is 247 g/mol. The number of aryl methyl sites for hydroxylation is 1. The fourth-order valence-electron chi connectivity index (χ4n) is 2.27. The van der Waals surface area contributed by atoms with Crippen LogP contribution in [-0.4, -0.2) is 28.4 Å². The van der Waals surface area contributed by atoms with Crippen LogP contribution in [0.3, 0.4) is 0 Å². The largest absolute Gasteiger partial charge is 0.479 e. The molecule has 18 heavy (non-hydrogen) atoms. The number of benzene rings is 1. The van der Waals surface area contributed by atoms with Gasteiger partial charge in [-0.05, 0) is 30.4 Å². The number of rotatable bonds is 6. The molecule has 1 aliphatic carbocycles. The Balaban J connectivity index is 2.40. The summed E-state index contributed by atoms with van der Waals surface area (Å²) < 4.78 is 0. The van der Waals surface area contributed by atoms with Crippen LogP contribution in [0.1, 0.15) is 36.9 Å². The molecule has 0 radical (unpaired) electrons. The second-order valence-electron chi connectivity index (χ2n) is 4.58. The molecular formula is C14H17NO3. The van der Waals surface area contributed by atoms with Gasteiger partial charge in [0.15, 0.2) is 6.04 Å². The van der Waals surface area contributed by atoms with Crippen molar-refractivity contribution < 1.29 is 14.7 Å². The lowest BCUT2D eigenvalue weighted by Crippen LogP contribution is -2.35. The molecule has 1 atom stereocenters. The van der Waals surface area contributed by atoms with Gasteiger partial charge < -0.3 is 10.0 Å². The van der Waals surface area contributed by atoms with E-state index in [2.05, 4.69) is 0 Å². The van der Waals surface area contributed by atoms with E-state index in [0.29, 0.717) is 6.41 Å². The van der Waals surface area contributed by atoms with Crippen molar-refractivity contribution in [1.29, 1.82) is 0 Å². The lowest BCUT2D eigenvalue weighted by molar-refractivity contribution is -0.147. The molecule has 4 heteroatoms. The first kappa shape index (κ1) is 12.6. The van der Waals surface area contributed by atoms with Crippen molar-refractivity contribution in [1.82, 2.24) is 4.90 Å². The molecule has 1 aliphatic rings. The van der Waals surface area contributed by atoms with Gasteiger partial charge in [0.1, 0.15) is 0 Å². The zero-order valence-electron chi connectivity index (χ0n) is 10.4. The van der Waals surface area contributed by atoms with Gasteiger partial charge in [0.25, 0.3) is 0 Å². The second kappa shape index (κ2) is 5.21. The zero-order chi connectivity index (χ0) is 13.1. The van der Waals surface area contributed by atoms with Gasteiger partial charge in [0.2, 0.25) is 6.41 Å². The molecule has 0 aromatic heterocycles. The summed E-state index contributed by atoms with van der Waals surface area (Å²) in [5.74, 6) is -0.963. The minimum Gasteiger partial charge on any atom is -0.479 e. The van der Waals surface area contributed by atoms with Crippen molar-refractivity contribution in [3.63, 3.8) is 0 Å². The highest BCUT2D eigenvalue weighted by Crippen LogP contribution is 2.34. The van der Waals surface area contributed by atoms with Crippen molar-refractivity contribution in [2.24, 2.45) is 0 Å². The molecule has 1 unspecified atom stereocenters. The Hall–Kier alpha value is -1.84. The molecule has 0 heterocycles. The first-order chi connectivity index (χ1) is 8.69. The summed E-state index contributed by atoms with van der Waals surface area (Å²) in [6, 6.07) is 6.67. The van der Waals surface area contributed by atoms with Gasteiger partial charge in [0.05, 0.1) is 0 Å². The third-order valence-corrected chi connectivity index (χ3v) is 3.35. The number of hydrogen-bond donors (Lipinski definition) is 1. The third-order valence-electron chi connectivity index (χ3n) is 3.35. The maximum atomic E-state index is 11.5. The Morgan fingerprint density at radius 3 is 2.67 bits per heavy atom. The van der Waals surface area contributed by atoms with E-state index in [-0.39, 0.29) is 6.04 Å². The molecule has 1 N–H and O–H groups in total. The number of carbonyl (C=O) groups is 2. The minimum absolute atomic E-state index is 0.0912. The van der Waals surface area contributed by atoms with E-state index in [1.54, 1.807) is 6.07 Å². The molecule has 4 nitrogen and oxygen atoms in total. The van der Waals surface area contributed by atoms with E-state index in [4.69, 9.17) is 0 Å². The second-order valence-corrected chi connectivity index (χ2v) is 4.58. The first-order valence-corrected chi connectivity index (χ1v) is 6.22. The van der Waals surface area contributed by atoms with Crippen molar-refractivity contribution in [3.05, 3.63) is 35.4 Å². The van der Waals surface area contributed by atoms with E-state index in [1.807, 2.05) is 25.1 Å². The number of hydrogen-bond acceptors (Lipinski definition) is 2. The smallest absolute Gasteiger partial charge is 0.331 e. The lowest BCUT2D eigenvalue weighted by Gasteiger charge is -2.26. The summed E-state index contributed by atoms with van der Waals surface area (Å²) >= 11 is 0. The molecule has 0 saturated heterocycles. The van der Waals surface area contributed by atoms with Crippen molar-refractivity contribution in [2.45, 2.75) is 38.3 Å². The molecule has 1 saturated carbocycles. The van der Waals surface area contributed by atoms with E-state index in [0.717, 1.165) is 30.4 Å². The van der Waals surface area contributed by atoms with Gasteiger partial charge >= 0.3 is 5.97 Å². The van der Waals surface area contributed by atoms with Crippen LogP contribution in [0, 0.1) is 0 Å². The van der Waals surface area contributed by atoms with Gasteiger partial charge in [-0.15, -0.1) is 0 Å². The Morgan fingerprint density at radius 1 is 1.50 bits per heavy atom. The molecule has 2 rings (SSSR count). The van der Waals surface area contributed by atoms with Gasteiger partial charge in [-0.2, -0.15) is 0 Å². The van der Waals surface area contributed by atoms with E-state index < -0.39 is 12.0 Å². The monoisotopic (exact) mass is 247 g/mol. The van der Waals surface area contributed by atoms with Crippen molar-refractivity contribution in [3.8, 4) is 0 Å². The van der Waals surface area contributed by atoms with Crippen LogP contribution in [0.4, 0.5) is 0 Å². The SMILES string of the molecule is CCc1ccccc1C(C(=O)O)N(C=O)C1CC1. The number of amides is 1. The number of nitrogens with zero attached hydrogens (tertiary/aromatic N) is 1. The Labute approximate surface area is 106 Å². The zero-order valence-corrected chi connectivity index (χ0v) is 10.4. The molecule has 0 aliphatic heterocycles. The Morgan fingerprint density at radius 2 is 2.17 bits per heavy atom. The van der Waals surface area contributed by atoms with Gasteiger partial charge in [0, 0.05) is 6.04 Å². The molecule has 1 amide bonds. The van der Waals surface area contributed by atoms with E-state index in [1.165, 1.54) is 4.90 Å². The fourth-order valence-corrected chi connectivity index (χ4v) is 2.27. The maximum Gasteiger partial charge on any atom is 0.331 e. The molecular weight excluding hydrogens is 230 g/mol. The predicted molar refractivity (Wildman–Crippen MR) is 67.1 cm³/mol. The summed E-state index contributed by atoms with van der Waals surface area (Å²) in [6.07, 6.45) is 3.23. The summed E-state index contributed by atoms with van der Waals surface area (Å²) in [6.45, 7) is 1.99. The number of carboxylic acids is 1. The first-order valence-electron chi connectivity index (χ1n) is 6.22. The van der Waals surface area contributed by atoms with Gasteiger partial charge in [-0.3, -0.25) is 4.79 Å². The lowest BCUT2D eigenvalue weighted by atomic mass is 9.97. The highest BCUT2D eigenvalue weighted by molar-refractivity contribution is 5.79. The van der Waals surface area contributed by atoms with Crippen LogP contribution >= 0.6 is 0 Å². The molecule has 1 aromatic rings. The Kier molecular flexibility index (Phi) is 3.65. The summed E-state index contributed by atoms with van der Waals surface area (Å²) in [4.78, 5) is 24.1. The van der Waals surface area contributed by atoms with Crippen LogP contribution in [0.5, 0.6) is 0 Å². The number of carbonyl (C=O) groups excluding carboxylic acids is 1. The third kappa shape index (κ3) is 2.37. The molecule has 0 bridgehead atoms. The molecule has 1 fully saturated rings. The Bertz CT molecular complexity index is 454. The summed E-state index contributed by atoms with van der Waals surface area (Å²) in [5, 5.41) is 9.42. The quantitative estimate of drug-likeness (QED) is 0.782. The highest BCUT2D eigenvalue weighted by Gasteiger charge is 2.38. The predicted octanol–water partition coefficient (Wildman–Crippen LogP) is 2.00. The van der Waals surface area contributed by atoms with Crippen LogP contribution in [0.25, 0.3) is 0 Å². The standard InChI is InChI=1S/C14H17NO3/c1-2-10-5-3-4-6-12(10)13(14(17)18)15(9-16)11-7-8-11/h3-6,9,11,13H,2,7-8H2,1H3,(H,17,18). The van der Waals surface area contributed by atoms with E-state index in [9.17, 15) is 14.7 Å². The fraction of sp³-hybridized carbons (Fsp3) is 0.429. The summed E-state index contributed by atoms with van der Waals surface area (Å²) in [7, 11) is 0. The summed E-state index contributed by atoms with van der Waals surface area (Å²) in [5.41, 5.74) is 1.71. The number of carboxylic acid groups (broad SMARTS) is 1. The molecule has 1 aromatic carbocycles. The van der Waals surface area contributed by atoms with Gasteiger partial charge in [-0.25, -0.2) is 4.79 Å². The van der Waals surface area contributed by atoms with Crippen LogP contribution in [0.15, 0.2) is 24.3 Å². The minimum atomic E-state index is -0.963. The maximum absolute atomic E-state index is 11.5. The topological polar surface area (TPSA) is 57.6 Å². The van der Waals surface area contributed by atoms with Crippen LogP contribution < -0.4 is 0 Å². The number of aliphatic carboxylic acids is 1. The van der Waals surface area contributed by atoms with Gasteiger partial charge in [-0.1, -0.05) is 31.2 Å². The highest BCUT2D eigenvalue weighted by atomic mass is 16.4. The van der Waals surface area contributed by atoms with Crippen LogP contribution in [0.2, 0.25) is 0 Å². The normalized spacial score (nSPS) is 16.1.